The summed E-state index contributed by atoms with van der Waals surface area (Å²) in [4.78, 5) is 11.9. The number of nitro benzene ring substituents is 1. The molecule has 0 saturated heterocycles. The second-order valence-corrected chi connectivity index (χ2v) is 3.53. The lowest BCUT2D eigenvalue weighted by Gasteiger charge is -2.22. The number of nitro groups is 1. The van der Waals surface area contributed by atoms with Crippen molar-refractivity contribution < 1.29 is 10.0 Å². The molecule has 0 aliphatic heterocycles. The smallest absolute Gasteiger partial charge is 0.287 e. The standard InChI is InChI=1S/C12H13N3O3/c1-2-5-14(6-7-16)11-3-4-12(15(17)18)10(8-11)9-13/h2-4,8,16H,1,5-7H2. The van der Waals surface area contributed by atoms with Gasteiger partial charge in [0.2, 0.25) is 0 Å². The van der Waals surface area contributed by atoms with Crippen LogP contribution in [0.1, 0.15) is 5.56 Å². The second kappa shape index (κ2) is 6.37. The Labute approximate surface area is 105 Å². The van der Waals surface area contributed by atoms with Gasteiger partial charge in [-0.15, -0.1) is 6.58 Å². The fourth-order valence-corrected chi connectivity index (χ4v) is 1.57. The number of hydrogen-bond donors (Lipinski definition) is 1. The van der Waals surface area contributed by atoms with Gasteiger partial charge < -0.3 is 10.0 Å². The molecule has 0 bridgehead atoms. The molecule has 0 aliphatic carbocycles. The number of aliphatic hydroxyl groups is 1. The van der Waals surface area contributed by atoms with Crippen molar-refractivity contribution in [3.8, 4) is 6.07 Å². The van der Waals surface area contributed by atoms with Gasteiger partial charge in [-0.25, -0.2) is 0 Å². The zero-order valence-corrected chi connectivity index (χ0v) is 9.74. The van der Waals surface area contributed by atoms with Crippen LogP contribution in [0.5, 0.6) is 0 Å². The van der Waals surface area contributed by atoms with Crippen LogP contribution in [-0.2, 0) is 0 Å². The summed E-state index contributed by atoms with van der Waals surface area (Å²) in [7, 11) is 0. The predicted molar refractivity (Wildman–Crippen MR) is 67.3 cm³/mol. The summed E-state index contributed by atoms with van der Waals surface area (Å²) in [5.41, 5.74) is 0.430. The molecule has 94 valence electrons. The molecule has 0 saturated carbocycles. The Kier molecular flexibility index (Phi) is 4.84. The van der Waals surface area contributed by atoms with E-state index in [9.17, 15) is 10.1 Å². The highest BCUT2D eigenvalue weighted by molar-refractivity contribution is 5.60. The molecule has 1 aromatic carbocycles. The van der Waals surface area contributed by atoms with Gasteiger partial charge >= 0.3 is 0 Å². The molecule has 0 atom stereocenters. The fraction of sp³-hybridized carbons (Fsp3) is 0.250. The number of benzene rings is 1. The predicted octanol–water partition coefficient (Wildman–Crippen LogP) is 1.45. The number of anilines is 1. The Morgan fingerprint density at radius 2 is 2.33 bits per heavy atom. The van der Waals surface area contributed by atoms with Crippen molar-refractivity contribution in [1.82, 2.24) is 0 Å². The maximum atomic E-state index is 10.7. The van der Waals surface area contributed by atoms with Gasteiger partial charge in [0.05, 0.1) is 11.5 Å². The molecule has 1 aromatic rings. The van der Waals surface area contributed by atoms with E-state index in [0.29, 0.717) is 18.8 Å². The topological polar surface area (TPSA) is 90.4 Å². The highest BCUT2D eigenvalue weighted by Crippen LogP contribution is 2.24. The van der Waals surface area contributed by atoms with E-state index in [1.54, 1.807) is 23.1 Å². The molecule has 0 aromatic heterocycles. The van der Waals surface area contributed by atoms with E-state index in [1.165, 1.54) is 12.1 Å². The van der Waals surface area contributed by atoms with Crippen molar-refractivity contribution in [3.05, 3.63) is 46.5 Å². The van der Waals surface area contributed by atoms with Crippen LogP contribution in [0.4, 0.5) is 11.4 Å². The largest absolute Gasteiger partial charge is 0.395 e. The molecule has 0 amide bonds. The number of aliphatic hydroxyl groups excluding tert-OH is 1. The molecule has 6 heteroatoms. The van der Waals surface area contributed by atoms with E-state index in [1.807, 2.05) is 0 Å². The summed E-state index contributed by atoms with van der Waals surface area (Å²) in [6, 6.07) is 6.09. The zero-order valence-electron chi connectivity index (χ0n) is 9.74. The number of rotatable bonds is 6. The average Bonchev–Trinajstić information content (AvgIpc) is 2.37. The van der Waals surface area contributed by atoms with Gasteiger partial charge in [-0.1, -0.05) is 6.08 Å². The maximum absolute atomic E-state index is 10.7. The molecule has 0 fully saturated rings. The first-order valence-corrected chi connectivity index (χ1v) is 5.29. The average molecular weight is 247 g/mol. The van der Waals surface area contributed by atoms with Crippen LogP contribution in [0, 0.1) is 21.4 Å². The molecule has 0 aliphatic rings. The van der Waals surface area contributed by atoms with E-state index in [4.69, 9.17) is 10.4 Å². The quantitative estimate of drug-likeness (QED) is 0.466. The molecule has 0 spiro atoms. The number of hydrogen-bond acceptors (Lipinski definition) is 5. The van der Waals surface area contributed by atoms with Gasteiger partial charge in [0.1, 0.15) is 11.6 Å². The summed E-state index contributed by atoms with van der Waals surface area (Å²) in [6.45, 7) is 4.41. The molecule has 0 radical (unpaired) electrons. The van der Waals surface area contributed by atoms with E-state index >= 15 is 0 Å². The van der Waals surface area contributed by atoms with E-state index < -0.39 is 4.92 Å². The van der Waals surface area contributed by atoms with Crippen LogP contribution >= 0.6 is 0 Å². The molecule has 0 heterocycles. The second-order valence-electron chi connectivity index (χ2n) is 3.53. The summed E-state index contributed by atoms with van der Waals surface area (Å²) < 4.78 is 0. The third-order valence-corrected chi connectivity index (χ3v) is 2.38. The van der Waals surface area contributed by atoms with Gasteiger partial charge in [-0.3, -0.25) is 10.1 Å². The van der Waals surface area contributed by atoms with Crippen LogP contribution in [0.15, 0.2) is 30.9 Å². The Morgan fingerprint density at radius 3 is 2.83 bits per heavy atom. The van der Waals surface area contributed by atoms with Crippen LogP contribution in [-0.4, -0.2) is 29.7 Å². The monoisotopic (exact) mass is 247 g/mol. The summed E-state index contributed by atoms with van der Waals surface area (Å²) >= 11 is 0. The highest BCUT2D eigenvalue weighted by atomic mass is 16.6. The Hall–Kier alpha value is -2.39. The molecule has 6 nitrogen and oxygen atoms in total. The van der Waals surface area contributed by atoms with Crippen molar-refractivity contribution in [2.75, 3.05) is 24.6 Å². The Morgan fingerprint density at radius 1 is 1.61 bits per heavy atom. The zero-order chi connectivity index (χ0) is 13.5. The Balaban J connectivity index is 3.14. The lowest BCUT2D eigenvalue weighted by atomic mass is 10.1. The van der Waals surface area contributed by atoms with Crippen molar-refractivity contribution in [1.29, 1.82) is 5.26 Å². The van der Waals surface area contributed by atoms with Crippen LogP contribution in [0.2, 0.25) is 0 Å². The Bertz CT molecular complexity index is 494. The van der Waals surface area contributed by atoms with Crippen LogP contribution in [0.25, 0.3) is 0 Å². The highest BCUT2D eigenvalue weighted by Gasteiger charge is 2.15. The van der Waals surface area contributed by atoms with Gasteiger partial charge in [0, 0.05) is 24.8 Å². The van der Waals surface area contributed by atoms with Crippen LogP contribution < -0.4 is 4.90 Å². The van der Waals surface area contributed by atoms with E-state index in [2.05, 4.69) is 6.58 Å². The van der Waals surface area contributed by atoms with E-state index in [0.717, 1.165) is 0 Å². The first-order chi connectivity index (χ1) is 8.63. The molecule has 1 N–H and O–H groups in total. The van der Waals surface area contributed by atoms with Crippen molar-refractivity contribution in [3.63, 3.8) is 0 Å². The number of nitrogens with zero attached hydrogens (tertiary/aromatic N) is 3. The fourth-order valence-electron chi connectivity index (χ4n) is 1.57. The minimum Gasteiger partial charge on any atom is -0.395 e. The normalized spacial score (nSPS) is 9.56. The van der Waals surface area contributed by atoms with Crippen molar-refractivity contribution >= 4 is 11.4 Å². The molecular weight excluding hydrogens is 234 g/mol. The third kappa shape index (κ3) is 3.06. The lowest BCUT2D eigenvalue weighted by molar-refractivity contribution is -0.385. The maximum Gasteiger partial charge on any atom is 0.287 e. The summed E-state index contributed by atoms with van der Waals surface area (Å²) in [5, 5.41) is 28.5. The van der Waals surface area contributed by atoms with Crippen molar-refractivity contribution in [2.45, 2.75) is 0 Å². The molecule has 0 unspecified atom stereocenters. The molecular formula is C12H13N3O3. The first-order valence-electron chi connectivity index (χ1n) is 5.29. The first kappa shape index (κ1) is 13.7. The minimum absolute atomic E-state index is 0.00417. The van der Waals surface area contributed by atoms with E-state index in [-0.39, 0.29) is 17.9 Å². The summed E-state index contributed by atoms with van der Waals surface area (Å²) in [6.07, 6.45) is 1.66. The molecule has 18 heavy (non-hydrogen) atoms. The SMILES string of the molecule is C=CCN(CCO)c1ccc([N+](=O)[O-])c(C#N)c1. The summed E-state index contributed by atoms with van der Waals surface area (Å²) in [5.74, 6) is 0. The lowest BCUT2D eigenvalue weighted by Crippen LogP contribution is -2.26. The van der Waals surface area contributed by atoms with Crippen molar-refractivity contribution in [2.24, 2.45) is 0 Å². The van der Waals surface area contributed by atoms with Gasteiger partial charge in [-0.2, -0.15) is 5.26 Å². The van der Waals surface area contributed by atoms with Gasteiger partial charge in [0.15, 0.2) is 0 Å². The van der Waals surface area contributed by atoms with Gasteiger partial charge in [0.25, 0.3) is 5.69 Å². The minimum atomic E-state index is -0.591. The van der Waals surface area contributed by atoms with Crippen LogP contribution in [0.3, 0.4) is 0 Å². The molecule has 1 rings (SSSR count). The van der Waals surface area contributed by atoms with Gasteiger partial charge in [-0.05, 0) is 12.1 Å². The third-order valence-electron chi connectivity index (χ3n) is 2.38. The number of nitriles is 1.